The monoisotopic (exact) mass is 302 g/mol. The molecule has 1 amide bonds. The molecule has 0 spiro atoms. The number of aromatic amines is 1. The molecule has 1 aromatic carbocycles. The van der Waals surface area contributed by atoms with Gasteiger partial charge in [-0.25, -0.2) is 4.79 Å². The summed E-state index contributed by atoms with van der Waals surface area (Å²) in [6, 6.07) is 8.03. The van der Waals surface area contributed by atoms with E-state index in [9.17, 15) is 14.4 Å². The summed E-state index contributed by atoms with van der Waals surface area (Å²) >= 11 is 0. The maximum atomic E-state index is 11.9. The molecule has 0 saturated carbocycles. The van der Waals surface area contributed by atoms with Crippen LogP contribution < -0.4 is 10.7 Å². The normalized spacial score (nSPS) is 11.2. The van der Waals surface area contributed by atoms with Crippen LogP contribution in [0.1, 0.15) is 31.3 Å². The Kier molecular flexibility index (Phi) is 4.30. The van der Waals surface area contributed by atoms with Crippen LogP contribution in [0.5, 0.6) is 0 Å². The molecule has 6 nitrogen and oxygen atoms in total. The van der Waals surface area contributed by atoms with Gasteiger partial charge in [-0.3, -0.25) is 9.59 Å². The number of esters is 1. The smallest absolute Gasteiger partial charge is 0.355 e. The molecule has 0 radical (unpaired) electrons. The molecule has 2 N–H and O–H groups in total. The fourth-order valence-corrected chi connectivity index (χ4v) is 1.97. The molecule has 0 atom stereocenters. The Balaban J connectivity index is 2.10. The number of amides is 1. The van der Waals surface area contributed by atoms with E-state index >= 15 is 0 Å². The lowest BCUT2D eigenvalue weighted by molar-refractivity contribution is -0.125. The topological polar surface area (TPSA) is 88.3 Å². The van der Waals surface area contributed by atoms with Gasteiger partial charge in [0, 0.05) is 22.5 Å². The molecule has 2 rings (SSSR count). The van der Waals surface area contributed by atoms with Crippen LogP contribution in [0.2, 0.25) is 0 Å². The summed E-state index contributed by atoms with van der Waals surface area (Å²) < 4.78 is 4.92. The fourth-order valence-electron chi connectivity index (χ4n) is 1.97. The lowest BCUT2D eigenvalue weighted by atomic mass is 10.1. The van der Waals surface area contributed by atoms with Gasteiger partial charge in [0.25, 0.3) is 5.91 Å². The zero-order valence-corrected chi connectivity index (χ0v) is 12.7. The molecular weight excluding hydrogens is 284 g/mol. The van der Waals surface area contributed by atoms with Crippen LogP contribution in [-0.4, -0.2) is 29.0 Å². The van der Waals surface area contributed by atoms with Crippen LogP contribution >= 0.6 is 0 Å². The van der Waals surface area contributed by atoms with E-state index in [1.165, 1.54) is 6.07 Å². The summed E-state index contributed by atoms with van der Waals surface area (Å²) in [5.41, 5.74) is -0.116. The summed E-state index contributed by atoms with van der Waals surface area (Å²) in [4.78, 5) is 38.3. The van der Waals surface area contributed by atoms with Crippen molar-refractivity contribution in [3.05, 3.63) is 46.2 Å². The zero-order valence-electron chi connectivity index (χ0n) is 12.7. The highest BCUT2D eigenvalue weighted by molar-refractivity contribution is 5.92. The van der Waals surface area contributed by atoms with Gasteiger partial charge in [-0.05, 0) is 32.9 Å². The Labute approximate surface area is 127 Å². The van der Waals surface area contributed by atoms with Crippen molar-refractivity contribution in [2.45, 2.75) is 26.3 Å². The second-order valence-electron chi connectivity index (χ2n) is 5.97. The minimum Gasteiger partial charge on any atom is -0.451 e. The highest BCUT2D eigenvalue weighted by Gasteiger charge is 2.16. The number of H-pyrrole nitrogens is 1. The van der Waals surface area contributed by atoms with E-state index in [0.29, 0.717) is 10.9 Å². The van der Waals surface area contributed by atoms with Crippen molar-refractivity contribution in [2.24, 2.45) is 0 Å². The first-order valence-electron chi connectivity index (χ1n) is 6.86. The third-order valence-electron chi connectivity index (χ3n) is 2.81. The molecule has 0 saturated heterocycles. The molecular formula is C16H18N2O4. The van der Waals surface area contributed by atoms with Gasteiger partial charge in [0.05, 0.1) is 0 Å². The fraction of sp³-hybridized carbons (Fsp3) is 0.312. The minimum absolute atomic E-state index is 0.0206. The minimum atomic E-state index is -0.744. The second-order valence-corrected chi connectivity index (χ2v) is 5.97. The van der Waals surface area contributed by atoms with Crippen molar-refractivity contribution >= 4 is 22.8 Å². The van der Waals surface area contributed by atoms with Gasteiger partial charge < -0.3 is 15.0 Å². The maximum absolute atomic E-state index is 11.9. The molecule has 0 aliphatic heterocycles. The van der Waals surface area contributed by atoms with Crippen LogP contribution in [0.3, 0.4) is 0 Å². The van der Waals surface area contributed by atoms with Gasteiger partial charge >= 0.3 is 5.97 Å². The second kappa shape index (κ2) is 6.01. The molecule has 0 fully saturated rings. The molecule has 1 heterocycles. The van der Waals surface area contributed by atoms with E-state index in [4.69, 9.17) is 4.74 Å². The van der Waals surface area contributed by atoms with E-state index in [1.54, 1.807) is 24.3 Å². The first-order chi connectivity index (χ1) is 10.3. The van der Waals surface area contributed by atoms with Crippen molar-refractivity contribution in [2.75, 3.05) is 6.61 Å². The number of hydrogen-bond acceptors (Lipinski definition) is 4. The van der Waals surface area contributed by atoms with Crippen molar-refractivity contribution in [1.29, 1.82) is 0 Å². The average Bonchev–Trinajstić information content (AvgIpc) is 2.43. The Morgan fingerprint density at radius 2 is 1.91 bits per heavy atom. The predicted molar refractivity (Wildman–Crippen MR) is 82.7 cm³/mol. The van der Waals surface area contributed by atoms with Gasteiger partial charge in [-0.15, -0.1) is 0 Å². The predicted octanol–water partition coefficient (Wildman–Crippen LogP) is 1.60. The number of nitrogens with one attached hydrogen (secondary N) is 2. The Morgan fingerprint density at radius 3 is 2.59 bits per heavy atom. The van der Waals surface area contributed by atoms with Gasteiger partial charge in [0.15, 0.2) is 12.0 Å². The van der Waals surface area contributed by atoms with Crippen molar-refractivity contribution in [3.63, 3.8) is 0 Å². The van der Waals surface area contributed by atoms with Crippen molar-refractivity contribution in [1.82, 2.24) is 10.3 Å². The van der Waals surface area contributed by atoms with Gasteiger partial charge in [-0.1, -0.05) is 12.1 Å². The SMILES string of the molecule is CC(C)(C)NC(=O)COC(=O)c1cc(=O)c2ccccc2[nH]1. The van der Waals surface area contributed by atoms with Gasteiger partial charge in [0.1, 0.15) is 5.69 Å². The maximum Gasteiger partial charge on any atom is 0.355 e. The number of pyridine rings is 1. The average molecular weight is 302 g/mol. The lowest BCUT2D eigenvalue weighted by Gasteiger charge is -2.20. The third-order valence-corrected chi connectivity index (χ3v) is 2.81. The summed E-state index contributed by atoms with van der Waals surface area (Å²) in [6.07, 6.45) is 0. The molecule has 2 aromatic rings. The number of ether oxygens (including phenoxy) is 1. The van der Waals surface area contributed by atoms with E-state index in [1.807, 2.05) is 20.8 Å². The Morgan fingerprint density at radius 1 is 1.23 bits per heavy atom. The number of carbonyl (C=O) groups is 2. The first kappa shape index (κ1) is 15.8. The molecule has 0 aliphatic rings. The number of fused-ring (bicyclic) bond motifs is 1. The summed E-state index contributed by atoms with van der Waals surface area (Å²) in [5, 5.41) is 3.17. The summed E-state index contributed by atoms with van der Waals surface area (Å²) in [5.74, 6) is -1.14. The van der Waals surface area contributed by atoms with E-state index in [0.717, 1.165) is 0 Å². The number of benzene rings is 1. The van der Waals surface area contributed by atoms with E-state index < -0.39 is 24.0 Å². The number of rotatable bonds is 3. The number of carbonyl (C=O) groups excluding carboxylic acids is 2. The molecule has 0 unspecified atom stereocenters. The third kappa shape index (κ3) is 3.94. The lowest BCUT2D eigenvalue weighted by Crippen LogP contribution is -2.42. The quantitative estimate of drug-likeness (QED) is 0.843. The molecule has 0 bridgehead atoms. The van der Waals surface area contributed by atoms with Gasteiger partial charge in [-0.2, -0.15) is 0 Å². The molecule has 116 valence electrons. The molecule has 1 aromatic heterocycles. The van der Waals surface area contributed by atoms with E-state index in [-0.39, 0.29) is 11.1 Å². The summed E-state index contributed by atoms with van der Waals surface area (Å²) in [6.45, 7) is 5.08. The molecule has 22 heavy (non-hydrogen) atoms. The molecule has 0 aliphatic carbocycles. The van der Waals surface area contributed by atoms with Crippen LogP contribution in [0.4, 0.5) is 0 Å². The Bertz CT molecular complexity index is 772. The van der Waals surface area contributed by atoms with Crippen LogP contribution in [0.15, 0.2) is 35.1 Å². The van der Waals surface area contributed by atoms with Crippen LogP contribution in [0, 0.1) is 0 Å². The molecule has 6 heteroatoms. The standard InChI is InChI=1S/C16H18N2O4/c1-16(2,3)18-14(20)9-22-15(21)12-8-13(19)10-6-4-5-7-11(10)17-12/h4-8H,9H2,1-3H3,(H,17,19)(H,18,20). The van der Waals surface area contributed by atoms with Crippen LogP contribution in [0.25, 0.3) is 10.9 Å². The highest BCUT2D eigenvalue weighted by atomic mass is 16.5. The van der Waals surface area contributed by atoms with Crippen molar-refractivity contribution < 1.29 is 14.3 Å². The number of aromatic nitrogens is 1. The van der Waals surface area contributed by atoms with Crippen LogP contribution in [-0.2, 0) is 9.53 Å². The van der Waals surface area contributed by atoms with Crippen molar-refractivity contribution in [3.8, 4) is 0 Å². The first-order valence-corrected chi connectivity index (χ1v) is 6.86. The number of para-hydroxylation sites is 1. The van der Waals surface area contributed by atoms with E-state index in [2.05, 4.69) is 10.3 Å². The van der Waals surface area contributed by atoms with Gasteiger partial charge in [0.2, 0.25) is 0 Å². The number of hydrogen-bond donors (Lipinski definition) is 2. The summed E-state index contributed by atoms with van der Waals surface area (Å²) in [7, 11) is 0. The highest BCUT2D eigenvalue weighted by Crippen LogP contribution is 2.08. The zero-order chi connectivity index (χ0) is 16.3. The largest absolute Gasteiger partial charge is 0.451 e. The Hall–Kier alpha value is -2.63.